The molecule has 0 saturated carbocycles. The summed E-state index contributed by atoms with van der Waals surface area (Å²) in [7, 11) is 0. The monoisotopic (exact) mass is 337 g/mol. The first kappa shape index (κ1) is 15.8. The van der Waals surface area contributed by atoms with Crippen LogP contribution in [0.5, 0.6) is 6.01 Å². The molecule has 7 nitrogen and oxygen atoms in total. The highest BCUT2D eigenvalue weighted by Gasteiger charge is 2.37. The fraction of sp³-hybridized carbons (Fsp3) is 0.429. The number of anilines is 1. The lowest BCUT2D eigenvalue weighted by molar-refractivity contribution is -0.114. The summed E-state index contributed by atoms with van der Waals surface area (Å²) in [5.74, 6) is -0.614. The minimum atomic E-state index is -0.485. The maximum Gasteiger partial charge on any atom is 0.316 e. The van der Waals surface area contributed by atoms with E-state index in [0.29, 0.717) is 5.13 Å². The number of nitrogens with zero attached hydrogens (tertiary/aromatic N) is 4. The SMILES string of the molecule is CC(=O)Nc1ncc(CN2CC(Oc3ncc(F)cn3)C2C)s1. The maximum absolute atomic E-state index is 12.8. The lowest BCUT2D eigenvalue weighted by Gasteiger charge is -2.45. The van der Waals surface area contributed by atoms with E-state index in [1.165, 1.54) is 18.3 Å². The van der Waals surface area contributed by atoms with E-state index in [1.54, 1.807) is 6.20 Å². The number of aromatic nitrogens is 3. The number of halogens is 1. The Morgan fingerprint density at radius 2 is 2.17 bits per heavy atom. The van der Waals surface area contributed by atoms with Crippen LogP contribution < -0.4 is 10.1 Å². The molecular weight excluding hydrogens is 321 g/mol. The summed E-state index contributed by atoms with van der Waals surface area (Å²) in [6, 6.07) is 0.378. The van der Waals surface area contributed by atoms with E-state index < -0.39 is 5.82 Å². The Bertz CT molecular complexity index is 693. The van der Waals surface area contributed by atoms with Crippen LogP contribution in [0.4, 0.5) is 9.52 Å². The van der Waals surface area contributed by atoms with Gasteiger partial charge in [0.1, 0.15) is 6.10 Å². The second-order valence-electron chi connectivity index (χ2n) is 5.32. The second-order valence-corrected chi connectivity index (χ2v) is 6.44. The highest BCUT2D eigenvalue weighted by Crippen LogP contribution is 2.27. The fourth-order valence-electron chi connectivity index (χ4n) is 2.28. The molecule has 0 spiro atoms. The van der Waals surface area contributed by atoms with Gasteiger partial charge in [0.25, 0.3) is 0 Å². The summed E-state index contributed by atoms with van der Waals surface area (Å²) in [6.45, 7) is 4.98. The van der Waals surface area contributed by atoms with Gasteiger partial charge in [-0.15, -0.1) is 11.3 Å². The fourth-order valence-corrected chi connectivity index (χ4v) is 3.16. The summed E-state index contributed by atoms with van der Waals surface area (Å²) in [5, 5.41) is 3.27. The molecule has 1 saturated heterocycles. The van der Waals surface area contributed by atoms with Crippen molar-refractivity contribution in [2.24, 2.45) is 0 Å². The summed E-state index contributed by atoms with van der Waals surface area (Å²) in [5.41, 5.74) is 0. The van der Waals surface area contributed by atoms with Crippen LogP contribution in [0.3, 0.4) is 0 Å². The number of nitrogens with one attached hydrogen (secondary N) is 1. The molecule has 9 heteroatoms. The number of carbonyl (C=O) groups is 1. The molecule has 23 heavy (non-hydrogen) atoms. The van der Waals surface area contributed by atoms with Crippen molar-refractivity contribution in [1.29, 1.82) is 0 Å². The summed E-state index contributed by atoms with van der Waals surface area (Å²) in [4.78, 5) is 26.0. The Morgan fingerprint density at radius 3 is 2.83 bits per heavy atom. The van der Waals surface area contributed by atoms with Crippen LogP contribution in [-0.4, -0.2) is 44.4 Å². The van der Waals surface area contributed by atoms with Gasteiger partial charge in [-0.1, -0.05) is 0 Å². The highest BCUT2D eigenvalue weighted by atomic mass is 32.1. The molecule has 2 unspecified atom stereocenters. The summed E-state index contributed by atoms with van der Waals surface area (Å²) < 4.78 is 18.4. The molecule has 2 aromatic heterocycles. The van der Waals surface area contributed by atoms with Crippen LogP contribution in [0.15, 0.2) is 18.6 Å². The number of hydrogen-bond donors (Lipinski definition) is 1. The Balaban J connectivity index is 1.51. The van der Waals surface area contributed by atoms with Gasteiger partial charge >= 0.3 is 6.01 Å². The first-order chi connectivity index (χ1) is 11.0. The van der Waals surface area contributed by atoms with Gasteiger partial charge in [0.15, 0.2) is 10.9 Å². The topological polar surface area (TPSA) is 80.2 Å². The predicted octanol–water partition coefficient (Wildman–Crippen LogP) is 1.68. The number of likely N-dealkylation sites (tertiary alicyclic amines) is 1. The van der Waals surface area contributed by atoms with Crippen molar-refractivity contribution in [3.8, 4) is 6.01 Å². The number of thiazole rings is 1. The Kier molecular flexibility index (Phi) is 4.49. The number of amides is 1. The number of hydrogen-bond acceptors (Lipinski definition) is 7. The van der Waals surface area contributed by atoms with E-state index in [-0.39, 0.29) is 24.1 Å². The summed E-state index contributed by atoms with van der Waals surface area (Å²) >= 11 is 1.46. The van der Waals surface area contributed by atoms with Gasteiger partial charge in [-0.25, -0.2) is 19.3 Å². The molecule has 1 amide bonds. The van der Waals surface area contributed by atoms with Crippen LogP contribution >= 0.6 is 11.3 Å². The van der Waals surface area contributed by atoms with Gasteiger partial charge in [-0.3, -0.25) is 9.69 Å². The molecule has 1 aliphatic heterocycles. The molecule has 1 fully saturated rings. The molecule has 122 valence electrons. The molecule has 0 aliphatic carbocycles. The Labute approximate surface area is 136 Å². The zero-order valence-corrected chi connectivity index (χ0v) is 13.5. The van der Waals surface area contributed by atoms with Gasteiger partial charge in [-0.2, -0.15) is 0 Å². The third-order valence-corrected chi connectivity index (χ3v) is 4.47. The third-order valence-electron chi connectivity index (χ3n) is 3.58. The van der Waals surface area contributed by atoms with Crippen LogP contribution in [0.2, 0.25) is 0 Å². The lowest BCUT2D eigenvalue weighted by Crippen LogP contribution is -2.60. The minimum absolute atomic E-state index is 0.0248. The average Bonchev–Trinajstić information content (AvgIpc) is 2.94. The lowest BCUT2D eigenvalue weighted by atomic mass is 10.0. The molecule has 0 radical (unpaired) electrons. The first-order valence-corrected chi connectivity index (χ1v) is 7.93. The van der Waals surface area contributed by atoms with E-state index in [2.05, 4.69) is 25.2 Å². The standard InChI is InChI=1S/C14H16FN5O2S/c1-8-12(22-13-16-3-10(15)4-17-13)7-20(8)6-11-5-18-14(23-11)19-9(2)21/h3-5,8,12H,6-7H2,1-2H3,(H,18,19,21). The number of ether oxygens (including phenoxy) is 1. The zero-order valence-electron chi connectivity index (χ0n) is 12.7. The largest absolute Gasteiger partial charge is 0.457 e. The molecule has 3 heterocycles. The van der Waals surface area contributed by atoms with E-state index in [9.17, 15) is 9.18 Å². The molecule has 1 N–H and O–H groups in total. The van der Waals surface area contributed by atoms with Crippen molar-refractivity contribution < 1.29 is 13.9 Å². The van der Waals surface area contributed by atoms with E-state index >= 15 is 0 Å². The van der Waals surface area contributed by atoms with E-state index in [1.807, 2.05) is 6.92 Å². The first-order valence-electron chi connectivity index (χ1n) is 7.12. The molecule has 2 atom stereocenters. The molecule has 0 bridgehead atoms. The van der Waals surface area contributed by atoms with Crippen molar-refractivity contribution in [3.63, 3.8) is 0 Å². The number of carbonyl (C=O) groups excluding carboxylic acids is 1. The van der Waals surface area contributed by atoms with Crippen molar-refractivity contribution >= 4 is 22.4 Å². The third kappa shape index (κ3) is 3.80. The molecule has 1 aliphatic rings. The predicted molar refractivity (Wildman–Crippen MR) is 82.7 cm³/mol. The molecular formula is C14H16FN5O2S. The van der Waals surface area contributed by atoms with Crippen LogP contribution in [0, 0.1) is 5.82 Å². The van der Waals surface area contributed by atoms with Gasteiger partial charge in [0.2, 0.25) is 5.91 Å². The van der Waals surface area contributed by atoms with Gasteiger partial charge in [0, 0.05) is 37.1 Å². The summed E-state index contributed by atoms with van der Waals surface area (Å²) in [6.07, 6.45) is 3.91. The van der Waals surface area contributed by atoms with Gasteiger partial charge in [0.05, 0.1) is 12.4 Å². The van der Waals surface area contributed by atoms with E-state index in [0.717, 1.165) is 30.4 Å². The molecule has 3 rings (SSSR count). The average molecular weight is 337 g/mol. The molecule has 0 aromatic carbocycles. The highest BCUT2D eigenvalue weighted by molar-refractivity contribution is 7.15. The van der Waals surface area contributed by atoms with Gasteiger partial charge in [-0.05, 0) is 6.92 Å². The Hall–Kier alpha value is -2.13. The van der Waals surface area contributed by atoms with Crippen LogP contribution in [0.25, 0.3) is 0 Å². The van der Waals surface area contributed by atoms with Crippen molar-refractivity contribution in [1.82, 2.24) is 19.9 Å². The van der Waals surface area contributed by atoms with Crippen molar-refractivity contribution in [3.05, 3.63) is 29.3 Å². The molecule has 2 aromatic rings. The maximum atomic E-state index is 12.8. The second kappa shape index (κ2) is 6.55. The smallest absolute Gasteiger partial charge is 0.316 e. The number of rotatable bonds is 5. The van der Waals surface area contributed by atoms with E-state index in [4.69, 9.17) is 4.74 Å². The van der Waals surface area contributed by atoms with Crippen LogP contribution in [-0.2, 0) is 11.3 Å². The van der Waals surface area contributed by atoms with Gasteiger partial charge < -0.3 is 10.1 Å². The van der Waals surface area contributed by atoms with Crippen molar-refractivity contribution in [2.75, 3.05) is 11.9 Å². The van der Waals surface area contributed by atoms with Crippen molar-refractivity contribution in [2.45, 2.75) is 32.5 Å². The Morgan fingerprint density at radius 1 is 1.43 bits per heavy atom. The van der Waals surface area contributed by atoms with Crippen LogP contribution in [0.1, 0.15) is 18.7 Å². The normalized spacial score (nSPS) is 20.8. The quantitative estimate of drug-likeness (QED) is 0.894. The zero-order chi connectivity index (χ0) is 16.4. The minimum Gasteiger partial charge on any atom is -0.457 e.